The van der Waals surface area contributed by atoms with E-state index >= 15 is 0 Å². The first kappa shape index (κ1) is 17.3. The lowest BCUT2D eigenvalue weighted by molar-refractivity contribution is 0.101. The van der Waals surface area contributed by atoms with Gasteiger partial charge in [-0.05, 0) is 36.4 Å². The zero-order valence-electron chi connectivity index (χ0n) is 12.3. The van der Waals surface area contributed by atoms with Gasteiger partial charge in [-0.25, -0.2) is 10.2 Å². The van der Waals surface area contributed by atoms with Crippen LogP contribution in [0.4, 0.5) is 15.8 Å². The lowest BCUT2D eigenvalue weighted by Crippen LogP contribution is -2.31. The molecule has 0 amide bonds. The number of pyridine rings is 1. The molecule has 1 heterocycles. The second-order valence-electron chi connectivity index (χ2n) is 4.62. The first-order chi connectivity index (χ1) is 11.0. The van der Waals surface area contributed by atoms with E-state index < -0.39 is 0 Å². The summed E-state index contributed by atoms with van der Waals surface area (Å²) < 4.78 is 13.3. The van der Waals surface area contributed by atoms with E-state index in [1.165, 1.54) is 42.0 Å². The molecule has 3 N–H and O–H groups in total. The Balaban J connectivity index is 1.85. The highest BCUT2D eigenvalue weighted by molar-refractivity contribution is 8.23. The van der Waals surface area contributed by atoms with Gasteiger partial charge in [-0.15, -0.1) is 0 Å². The molecule has 0 spiro atoms. The molecule has 1 aromatic carbocycles. The second kappa shape index (κ2) is 8.00. The van der Waals surface area contributed by atoms with Crippen molar-refractivity contribution in [2.24, 2.45) is 5.84 Å². The van der Waals surface area contributed by atoms with E-state index in [9.17, 15) is 9.18 Å². The molecule has 0 atom stereocenters. The number of nitrogens with zero attached hydrogens (tertiary/aromatic N) is 2. The molecule has 0 saturated carbocycles. The number of aromatic nitrogens is 1. The Morgan fingerprint density at radius 3 is 2.61 bits per heavy atom. The van der Waals surface area contributed by atoms with Crippen molar-refractivity contribution < 1.29 is 9.18 Å². The summed E-state index contributed by atoms with van der Waals surface area (Å²) in [5.41, 5.74) is 1.77. The van der Waals surface area contributed by atoms with Crippen LogP contribution in [0.2, 0.25) is 0 Å². The molecule has 8 heteroatoms. The molecule has 0 unspecified atom stereocenters. The number of carbonyl (C=O) groups excluding carboxylic acids is 1. The van der Waals surface area contributed by atoms with Crippen LogP contribution >= 0.6 is 24.0 Å². The summed E-state index contributed by atoms with van der Waals surface area (Å²) in [6.07, 6.45) is 1.54. The standard InChI is InChI=1S/C15H15FN4OS2/c1-10(21)14-7-6-13(8-18-14)20(17)9-23-15(22)19-12-4-2-11(16)3-5-12/h2-8H,9,17H2,1H3,(H,19,22). The van der Waals surface area contributed by atoms with Crippen LogP contribution in [0.15, 0.2) is 42.6 Å². The van der Waals surface area contributed by atoms with Gasteiger partial charge >= 0.3 is 0 Å². The molecule has 0 bridgehead atoms. The van der Waals surface area contributed by atoms with Crippen molar-refractivity contribution in [2.45, 2.75) is 6.92 Å². The smallest absolute Gasteiger partial charge is 0.178 e. The van der Waals surface area contributed by atoms with Crippen LogP contribution in [0.1, 0.15) is 17.4 Å². The number of Topliss-reactive ketones (excluding diaryl/α,β-unsaturated/α-hetero) is 1. The number of halogens is 1. The van der Waals surface area contributed by atoms with Crippen molar-refractivity contribution in [3.63, 3.8) is 0 Å². The van der Waals surface area contributed by atoms with Gasteiger partial charge in [0.25, 0.3) is 0 Å². The van der Waals surface area contributed by atoms with Gasteiger partial charge in [0.05, 0.1) is 17.8 Å². The number of thiocarbonyl (C=S) groups is 1. The van der Waals surface area contributed by atoms with Gasteiger partial charge in [0.1, 0.15) is 15.8 Å². The van der Waals surface area contributed by atoms with Gasteiger partial charge in [-0.1, -0.05) is 24.0 Å². The molecule has 5 nitrogen and oxygen atoms in total. The first-order valence-corrected chi connectivity index (χ1v) is 8.03. The zero-order valence-corrected chi connectivity index (χ0v) is 14.0. The lowest BCUT2D eigenvalue weighted by atomic mass is 10.2. The normalized spacial score (nSPS) is 10.2. The molecular formula is C15H15FN4OS2. The van der Waals surface area contributed by atoms with Gasteiger partial charge in [-0.2, -0.15) is 0 Å². The molecule has 2 aromatic rings. The molecule has 0 fully saturated rings. The average molecular weight is 350 g/mol. The molecule has 1 aromatic heterocycles. The van der Waals surface area contributed by atoms with Gasteiger partial charge in [0.2, 0.25) is 0 Å². The van der Waals surface area contributed by atoms with Gasteiger partial charge in [0.15, 0.2) is 5.78 Å². The SMILES string of the molecule is CC(=O)c1ccc(N(N)CSC(=S)Nc2ccc(F)cc2)cn1. The topological polar surface area (TPSA) is 71.2 Å². The molecule has 0 aliphatic heterocycles. The molecule has 0 aliphatic rings. The quantitative estimate of drug-likeness (QED) is 0.282. The first-order valence-electron chi connectivity index (χ1n) is 6.64. The molecule has 120 valence electrons. The Morgan fingerprint density at radius 2 is 2.04 bits per heavy atom. The Bertz CT molecular complexity index is 692. The molecule has 0 aliphatic carbocycles. The van der Waals surface area contributed by atoms with Crippen LogP contribution in [0.25, 0.3) is 0 Å². The highest BCUT2D eigenvalue weighted by Crippen LogP contribution is 2.16. The highest BCUT2D eigenvalue weighted by atomic mass is 32.2. The number of hydrazine groups is 1. The van der Waals surface area contributed by atoms with E-state index in [4.69, 9.17) is 18.1 Å². The Morgan fingerprint density at radius 1 is 1.35 bits per heavy atom. The summed E-state index contributed by atoms with van der Waals surface area (Å²) in [7, 11) is 0. The fourth-order valence-corrected chi connectivity index (χ4v) is 2.53. The molecule has 23 heavy (non-hydrogen) atoms. The van der Waals surface area contributed by atoms with E-state index in [-0.39, 0.29) is 11.6 Å². The Kier molecular flexibility index (Phi) is 6.03. The van der Waals surface area contributed by atoms with E-state index in [1.54, 1.807) is 24.3 Å². The van der Waals surface area contributed by atoms with Gasteiger partial charge in [-0.3, -0.25) is 14.8 Å². The number of hydrogen-bond acceptors (Lipinski definition) is 6. The van der Waals surface area contributed by atoms with Crippen molar-refractivity contribution >= 4 is 45.5 Å². The number of rotatable bonds is 5. The minimum absolute atomic E-state index is 0.0980. The van der Waals surface area contributed by atoms with Crippen LogP contribution in [-0.2, 0) is 0 Å². The average Bonchev–Trinajstić information content (AvgIpc) is 2.55. The third kappa shape index (κ3) is 5.27. The molecule has 0 saturated heterocycles. The predicted octanol–water partition coefficient (Wildman–Crippen LogP) is 3.19. The largest absolute Gasteiger partial charge is 0.341 e. The Hall–Kier alpha value is -2.03. The van der Waals surface area contributed by atoms with Crippen molar-refractivity contribution in [2.75, 3.05) is 16.2 Å². The fraction of sp³-hybridized carbons (Fsp3) is 0.133. The van der Waals surface area contributed by atoms with Crippen LogP contribution < -0.4 is 16.2 Å². The number of nitrogens with one attached hydrogen (secondary N) is 1. The fourth-order valence-electron chi connectivity index (χ4n) is 1.65. The van der Waals surface area contributed by atoms with Gasteiger partial charge in [0, 0.05) is 12.6 Å². The van der Waals surface area contributed by atoms with E-state index in [0.29, 0.717) is 27.3 Å². The highest BCUT2D eigenvalue weighted by Gasteiger charge is 2.07. The summed E-state index contributed by atoms with van der Waals surface area (Å²) in [6, 6.07) is 9.26. The molecular weight excluding hydrogens is 335 g/mol. The van der Waals surface area contributed by atoms with Crippen molar-refractivity contribution in [1.82, 2.24) is 4.98 Å². The number of thioether (sulfide) groups is 1. The zero-order chi connectivity index (χ0) is 16.8. The van der Waals surface area contributed by atoms with Crippen LogP contribution in [0.5, 0.6) is 0 Å². The summed E-state index contributed by atoms with van der Waals surface area (Å²) in [6.45, 7) is 1.46. The summed E-state index contributed by atoms with van der Waals surface area (Å²) in [4.78, 5) is 15.2. The number of ketones is 1. The van der Waals surface area contributed by atoms with Crippen molar-refractivity contribution in [3.8, 4) is 0 Å². The van der Waals surface area contributed by atoms with E-state index in [2.05, 4.69) is 10.3 Å². The maximum absolute atomic E-state index is 12.8. The summed E-state index contributed by atoms with van der Waals surface area (Å²) >= 11 is 6.53. The number of benzene rings is 1. The third-order valence-corrected chi connectivity index (χ3v) is 4.09. The molecule has 0 radical (unpaired) electrons. The number of nitrogens with two attached hydrogens (primary N) is 1. The van der Waals surface area contributed by atoms with E-state index in [0.717, 1.165) is 0 Å². The minimum atomic E-state index is -0.302. The number of hydrogen-bond donors (Lipinski definition) is 2. The second-order valence-corrected chi connectivity index (χ2v) is 6.24. The number of anilines is 2. The maximum Gasteiger partial charge on any atom is 0.178 e. The van der Waals surface area contributed by atoms with Crippen LogP contribution in [-0.4, -0.2) is 21.0 Å². The summed E-state index contributed by atoms with van der Waals surface area (Å²) in [5, 5.41) is 4.46. The monoisotopic (exact) mass is 350 g/mol. The maximum atomic E-state index is 12.8. The lowest BCUT2D eigenvalue weighted by Gasteiger charge is -2.18. The van der Waals surface area contributed by atoms with Crippen LogP contribution in [0, 0.1) is 5.82 Å². The van der Waals surface area contributed by atoms with E-state index in [1.807, 2.05) is 0 Å². The predicted molar refractivity (Wildman–Crippen MR) is 96.0 cm³/mol. The third-order valence-electron chi connectivity index (χ3n) is 2.87. The minimum Gasteiger partial charge on any atom is -0.341 e. The van der Waals surface area contributed by atoms with Crippen molar-refractivity contribution in [3.05, 3.63) is 54.1 Å². The van der Waals surface area contributed by atoms with Gasteiger partial charge < -0.3 is 5.32 Å². The summed E-state index contributed by atoms with van der Waals surface area (Å²) in [5.74, 6) is 5.93. The molecule has 2 rings (SSSR count). The number of carbonyl (C=O) groups is 1. The van der Waals surface area contributed by atoms with Crippen LogP contribution in [0.3, 0.4) is 0 Å². The van der Waals surface area contributed by atoms with Crippen molar-refractivity contribution in [1.29, 1.82) is 0 Å². The Labute approximate surface area is 143 Å².